The number of nitrogens with zero attached hydrogens (tertiary/aromatic N) is 2. The average Bonchev–Trinajstić information content (AvgIpc) is 1.71. The molecule has 2 heterocycles. The van der Waals surface area contributed by atoms with Crippen molar-refractivity contribution in [3.05, 3.63) is 101 Å². The van der Waals surface area contributed by atoms with Gasteiger partial charge in [0.2, 0.25) is 76.8 Å². The number of nitrogens with two attached hydrogens (primary N) is 4. The molecular formula is C72H97N19O16S2. The molecule has 23 N–H and O–H groups in total. The second-order valence-corrected chi connectivity index (χ2v) is 29.5. The predicted molar refractivity (Wildman–Crippen MR) is 402 cm³/mol. The van der Waals surface area contributed by atoms with Crippen LogP contribution < -0.4 is 81.4 Å². The first kappa shape index (κ1) is 85.3. The molecule has 35 nitrogen and oxygen atoms in total. The zero-order chi connectivity index (χ0) is 79.1. The number of phenolic OH excluding ortho intramolecular Hbond substituents is 1. The molecule has 1 aliphatic heterocycles. The molecule has 0 spiro atoms. The number of aromatic nitrogens is 1. The minimum absolute atomic E-state index is 0.00727. The van der Waals surface area contributed by atoms with Crippen LogP contribution in [0.1, 0.15) is 125 Å². The van der Waals surface area contributed by atoms with E-state index in [1.807, 2.05) is 0 Å². The SMILES string of the molecule is N#Cc1ccccc1C[C@@H]1NC(=O)[C@H](C2CCCC2)NC(=O)[C@@H](NC(=O)[C@H](Cc2ccc(O)cc2)NC(=O)CN(C(=O)CCN)C2CCCC2)CSSC[C@@H](C(N)=O)NC(=O)[C@H](CCC(=O)O)NC(=O)[C@H](Cc2c[nH]c3ccccc23)NC(=O)[C@H](CCC(N)=O)NC(=O)CCNC(=O)[C@H](CCCNC(=N)N)NC1=O. The molecular weight excluding hydrogens is 1450 g/mol. The van der Waals surface area contributed by atoms with Crippen LogP contribution in [0.25, 0.3) is 10.9 Å². The molecule has 0 bridgehead atoms. The Morgan fingerprint density at radius 1 is 0.661 bits per heavy atom. The first-order valence-electron chi connectivity index (χ1n) is 36.1. The number of H-pyrrole nitrogens is 1. The van der Waals surface area contributed by atoms with Crippen LogP contribution in [0.3, 0.4) is 0 Å². The number of rotatable bonds is 26. The average molecular weight is 1550 g/mol. The Hall–Kier alpha value is -11.0. The number of carbonyl (C=O) groups is 14. The number of carboxylic acid groups (broad SMARTS) is 1. The number of carbonyl (C=O) groups excluding carboxylic acids is 13. The van der Waals surface area contributed by atoms with E-state index in [-0.39, 0.29) is 80.4 Å². The third-order valence-electron chi connectivity index (χ3n) is 18.9. The second kappa shape index (κ2) is 43.1. The number of nitrogens with one attached hydrogen (secondary N) is 13. The van der Waals surface area contributed by atoms with Gasteiger partial charge in [0.15, 0.2) is 5.96 Å². The van der Waals surface area contributed by atoms with Crippen molar-refractivity contribution < 1.29 is 77.3 Å². The molecule has 1 aromatic heterocycles. The molecule has 9 atom stereocenters. The first-order valence-corrected chi connectivity index (χ1v) is 38.6. The fourth-order valence-electron chi connectivity index (χ4n) is 13.1. The lowest BCUT2D eigenvalue weighted by Gasteiger charge is -2.30. The zero-order valence-corrected chi connectivity index (χ0v) is 61.8. The van der Waals surface area contributed by atoms with Crippen molar-refractivity contribution in [3.8, 4) is 11.8 Å². The van der Waals surface area contributed by atoms with Gasteiger partial charge in [-0.05, 0) is 98.2 Å². The van der Waals surface area contributed by atoms with Crippen LogP contribution in [0, 0.1) is 22.7 Å². The Morgan fingerprint density at radius 3 is 1.92 bits per heavy atom. The van der Waals surface area contributed by atoms with Gasteiger partial charge in [-0.3, -0.25) is 72.5 Å². The number of para-hydroxylation sites is 1. The van der Waals surface area contributed by atoms with Gasteiger partial charge < -0.3 is 102 Å². The smallest absolute Gasteiger partial charge is 0.303 e. The number of guanidine groups is 1. The number of primary amides is 2. The van der Waals surface area contributed by atoms with Crippen molar-refractivity contribution in [1.82, 2.24) is 68.4 Å². The molecule has 13 amide bonds. The van der Waals surface area contributed by atoms with Crippen molar-refractivity contribution in [3.63, 3.8) is 0 Å². The van der Waals surface area contributed by atoms with Crippen molar-refractivity contribution in [2.45, 2.75) is 182 Å². The number of benzene rings is 3. The van der Waals surface area contributed by atoms with Crippen molar-refractivity contribution in [2.75, 3.05) is 37.7 Å². The normalized spacial score (nSPS) is 21.9. The summed E-state index contributed by atoms with van der Waals surface area (Å²) >= 11 is 0. The number of aromatic amines is 1. The number of nitriles is 1. The van der Waals surface area contributed by atoms with Crippen LogP contribution >= 0.6 is 21.6 Å². The molecule has 3 aliphatic rings. The molecule has 3 aromatic carbocycles. The second-order valence-electron chi connectivity index (χ2n) is 27.0. The largest absolute Gasteiger partial charge is 0.508 e. The van der Waals surface area contributed by atoms with E-state index < -0.39 is 200 Å². The quantitative estimate of drug-likeness (QED) is 0.0143. The Morgan fingerprint density at radius 2 is 1.26 bits per heavy atom. The fraction of sp³-hybridized carbons (Fsp3) is 0.500. The highest BCUT2D eigenvalue weighted by atomic mass is 33.1. The van der Waals surface area contributed by atoms with Crippen LogP contribution in [0.5, 0.6) is 5.75 Å². The van der Waals surface area contributed by atoms with E-state index in [0.29, 0.717) is 60.6 Å². The zero-order valence-electron chi connectivity index (χ0n) is 60.2. The molecule has 3 fully saturated rings. The third-order valence-corrected chi connectivity index (χ3v) is 21.3. The summed E-state index contributed by atoms with van der Waals surface area (Å²) in [7, 11) is 1.72. The third kappa shape index (κ3) is 27.3. The number of hydrogen-bond acceptors (Lipinski definition) is 20. The first-order chi connectivity index (χ1) is 52.2. The molecule has 588 valence electrons. The molecule has 109 heavy (non-hydrogen) atoms. The maximum atomic E-state index is 15.4. The summed E-state index contributed by atoms with van der Waals surface area (Å²) in [5.74, 6) is -15.1. The fourth-order valence-corrected chi connectivity index (χ4v) is 15.4. The highest BCUT2D eigenvalue weighted by Gasteiger charge is 2.40. The standard InChI is InChI=1S/C72H97N19O16S2/c73-29-27-60(96)91(45-14-5-6-15-45)37-59(95)83-52(32-40-19-21-46(92)22-20-40)67(103)89-56-39-109-108-38-55(63(76)99)88-66(102)51(24-26-61(97)98)85-69(105)54(34-44-36-81-48-17-8-7-16-47(44)48)86-65(101)50(23-25-57(75)93)82-58(94)28-31-79-64(100)49(18-9-30-80-72(77)78)84-68(104)53(33-42-12-3-4-13-43(42)35-74)87-71(107)62(90-70(56)106)41-10-1-2-11-41/h3-4,7-8,12-13,16-17,19-22,36,41,45,49-56,62,81,92H,1-2,5-6,9-11,14-15,18,23-34,37-39,73H2,(H2,75,93)(H2,76,99)(H,79,100)(H,82,94)(H,83,95)(H,84,104)(H,85,105)(H,86,101)(H,87,107)(H,88,102)(H,89,103)(H,90,106)(H,97,98)(H4,77,78,80)/t49-,50-,51-,52-,53-,54-,55-,56-,62-/m0/s1. The highest BCUT2D eigenvalue weighted by Crippen LogP contribution is 2.30. The van der Waals surface area contributed by atoms with Crippen LogP contribution in [0.2, 0.25) is 0 Å². The van der Waals surface area contributed by atoms with Crippen LogP contribution in [0.15, 0.2) is 79.0 Å². The number of amides is 13. The molecule has 0 unspecified atom stereocenters. The summed E-state index contributed by atoms with van der Waals surface area (Å²) in [5, 5.41) is 67.7. The number of aliphatic carboxylic acids is 1. The van der Waals surface area contributed by atoms with E-state index in [9.17, 15) is 63.4 Å². The number of aromatic hydroxyl groups is 1. The Bertz CT molecular complexity index is 3960. The summed E-state index contributed by atoms with van der Waals surface area (Å²) in [6, 6.07) is 6.40. The molecule has 2 aliphatic carbocycles. The highest BCUT2D eigenvalue weighted by molar-refractivity contribution is 8.76. The minimum Gasteiger partial charge on any atom is -0.508 e. The number of fused-ring (bicyclic) bond motifs is 1. The van der Waals surface area contributed by atoms with Gasteiger partial charge in [-0.25, -0.2) is 0 Å². The number of phenols is 1. The summed E-state index contributed by atoms with van der Waals surface area (Å²) in [6.07, 6.45) is 2.65. The van der Waals surface area contributed by atoms with Gasteiger partial charge in [-0.15, -0.1) is 0 Å². The van der Waals surface area contributed by atoms with E-state index in [0.717, 1.165) is 34.4 Å². The van der Waals surface area contributed by atoms with Crippen molar-refractivity contribution >= 4 is 121 Å². The van der Waals surface area contributed by atoms with Gasteiger partial charge in [-0.2, -0.15) is 5.26 Å². The lowest BCUT2D eigenvalue weighted by Crippen LogP contribution is -2.61. The molecule has 7 rings (SSSR count). The minimum atomic E-state index is -1.75. The van der Waals surface area contributed by atoms with E-state index in [1.54, 1.807) is 48.7 Å². The van der Waals surface area contributed by atoms with Gasteiger partial charge in [0.25, 0.3) is 0 Å². The van der Waals surface area contributed by atoms with E-state index in [4.69, 9.17) is 28.3 Å². The number of hydrogen-bond donors (Lipinski definition) is 19. The molecule has 4 aromatic rings. The summed E-state index contributed by atoms with van der Waals surface area (Å²) in [6.45, 7) is -0.863. The maximum Gasteiger partial charge on any atom is 0.303 e. The molecule has 0 radical (unpaired) electrons. The summed E-state index contributed by atoms with van der Waals surface area (Å²) in [4.78, 5) is 203. The van der Waals surface area contributed by atoms with E-state index in [1.165, 1.54) is 35.2 Å². The predicted octanol–water partition coefficient (Wildman–Crippen LogP) is -1.77. The van der Waals surface area contributed by atoms with E-state index >= 15 is 19.2 Å². The Kier molecular flexibility index (Phi) is 33.7. The van der Waals surface area contributed by atoms with Crippen LogP contribution in [-0.2, 0) is 86.4 Å². The topological polar surface area (TPSA) is 583 Å². The summed E-state index contributed by atoms with van der Waals surface area (Å²) < 4.78 is 0. The van der Waals surface area contributed by atoms with Crippen LogP contribution in [-0.4, -0.2) is 207 Å². The monoisotopic (exact) mass is 1550 g/mol. The summed E-state index contributed by atoms with van der Waals surface area (Å²) in [5.41, 5.74) is 24.7. The molecule has 37 heteroatoms. The van der Waals surface area contributed by atoms with Crippen LogP contribution in [0.4, 0.5) is 0 Å². The van der Waals surface area contributed by atoms with Gasteiger partial charge in [0.1, 0.15) is 60.1 Å². The molecule has 2 saturated carbocycles. The molecule has 1 saturated heterocycles. The van der Waals surface area contributed by atoms with Crippen molar-refractivity contribution in [2.24, 2.45) is 28.9 Å². The van der Waals surface area contributed by atoms with Gasteiger partial charge in [0.05, 0.1) is 18.2 Å². The van der Waals surface area contributed by atoms with Crippen molar-refractivity contribution in [1.29, 1.82) is 10.7 Å². The lowest BCUT2D eigenvalue weighted by molar-refractivity contribution is -0.139. The van der Waals surface area contributed by atoms with Gasteiger partial charge in [0, 0.05) is 99.2 Å². The maximum absolute atomic E-state index is 15.4. The van der Waals surface area contributed by atoms with Gasteiger partial charge in [-0.1, -0.05) is 95.8 Å². The van der Waals surface area contributed by atoms with Gasteiger partial charge >= 0.3 is 5.97 Å². The number of carboxylic acids is 1. The Balaban J connectivity index is 1.29. The lowest BCUT2D eigenvalue weighted by atomic mass is 9.95. The van der Waals surface area contributed by atoms with E-state index in [2.05, 4.69) is 69.5 Å². The Labute approximate surface area is 636 Å².